The molecule has 2 heterocycles. The van der Waals surface area contributed by atoms with Crippen LogP contribution in [0.25, 0.3) is 11.4 Å². The largest absolute Gasteiger partial charge is 0.353 e. The van der Waals surface area contributed by atoms with Crippen LogP contribution in [0.4, 0.5) is 16.3 Å². The number of rotatable bonds is 3. The monoisotopic (exact) mass is 465 g/mol. The minimum Gasteiger partial charge on any atom is -0.353 e. The van der Waals surface area contributed by atoms with E-state index in [4.69, 9.17) is 4.98 Å². The van der Waals surface area contributed by atoms with E-state index in [1.807, 2.05) is 42.2 Å². The van der Waals surface area contributed by atoms with E-state index >= 15 is 0 Å². The third-order valence-electron chi connectivity index (χ3n) is 5.14. The van der Waals surface area contributed by atoms with Gasteiger partial charge in [-0.05, 0) is 38.1 Å². The average Bonchev–Trinajstić information content (AvgIpc) is 2.75. The predicted octanol–water partition coefficient (Wildman–Crippen LogP) is 4.88. The zero-order chi connectivity index (χ0) is 21.1. The molecule has 1 fully saturated rings. The fourth-order valence-corrected chi connectivity index (χ4v) is 3.68. The second kappa shape index (κ2) is 8.83. The molecule has 0 radical (unpaired) electrons. The number of piperazine rings is 1. The normalized spacial score (nSPS) is 14.0. The minimum absolute atomic E-state index is 0.0730. The SMILES string of the molecule is Cc1ccc(-c2nc(C)cc(N3CCN(C(=O)Nc4ccc(Br)cc4)CC3)n2)cc1. The highest BCUT2D eigenvalue weighted by atomic mass is 79.9. The molecule has 1 aliphatic heterocycles. The molecule has 30 heavy (non-hydrogen) atoms. The first-order valence-electron chi connectivity index (χ1n) is 9.97. The number of hydrogen-bond acceptors (Lipinski definition) is 4. The molecule has 1 saturated heterocycles. The molecule has 0 bridgehead atoms. The van der Waals surface area contributed by atoms with Gasteiger partial charge in [0.25, 0.3) is 0 Å². The molecule has 3 aromatic rings. The highest BCUT2D eigenvalue weighted by molar-refractivity contribution is 9.10. The van der Waals surface area contributed by atoms with Gasteiger partial charge in [-0.25, -0.2) is 14.8 Å². The molecule has 0 saturated carbocycles. The Balaban J connectivity index is 1.41. The van der Waals surface area contributed by atoms with Gasteiger partial charge < -0.3 is 15.1 Å². The van der Waals surface area contributed by atoms with Gasteiger partial charge >= 0.3 is 6.03 Å². The Morgan fingerprint density at radius 2 is 1.60 bits per heavy atom. The van der Waals surface area contributed by atoms with Crippen molar-refractivity contribution < 1.29 is 4.79 Å². The van der Waals surface area contributed by atoms with Crippen LogP contribution in [-0.4, -0.2) is 47.1 Å². The number of benzene rings is 2. The summed E-state index contributed by atoms with van der Waals surface area (Å²) in [5, 5.41) is 2.96. The van der Waals surface area contributed by atoms with Gasteiger partial charge in [0.15, 0.2) is 5.82 Å². The summed E-state index contributed by atoms with van der Waals surface area (Å²) in [6, 6.07) is 17.8. The van der Waals surface area contributed by atoms with Crippen LogP contribution in [0.3, 0.4) is 0 Å². The molecule has 2 amide bonds. The van der Waals surface area contributed by atoms with Crippen molar-refractivity contribution in [1.82, 2.24) is 14.9 Å². The Kier molecular flexibility index (Phi) is 5.99. The Morgan fingerprint density at radius 3 is 2.27 bits per heavy atom. The number of nitrogens with zero attached hydrogens (tertiary/aromatic N) is 4. The van der Waals surface area contributed by atoms with E-state index < -0.39 is 0 Å². The number of amides is 2. The molecule has 6 nitrogen and oxygen atoms in total. The molecule has 0 unspecified atom stereocenters. The number of hydrogen-bond donors (Lipinski definition) is 1. The lowest BCUT2D eigenvalue weighted by molar-refractivity contribution is 0.208. The molecule has 1 N–H and O–H groups in total. The molecule has 1 aromatic heterocycles. The quantitative estimate of drug-likeness (QED) is 0.598. The van der Waals surface area contributed by atoms with Crippen molar-refractivity contribution >= 4 is 33.5 Å². The first-order chi connectivity index (χ1) is 14.5. The molecule has 0 atom stereocenters. The Bertz CT molecular complexity index is 1030. The van der Waals surface area contributed by atoms with E-state index in [-0.39, 0.29) is 6.03 Å². The summed E-state index contributed by atoms with van der Waals surface area (Å²) in [7, 11) is 0. The molecule has 7 heteroatoms. The number of carbonyl (C=O) groups excluding carboxylic acids is 1. The van der Waals surface area contributed by atoms with Gasteiger partial charge in [0, 0.05) is 53.7 Å². The highest BCUT2D eigenvalue weighted by Gasteiger charge is 2.22. The number of aromatic nitrogens is 2. The van der Waals surface area contributed by atoms with Crippen LogP contribution >= 0.6 is 15.9 Å². The maximum Gasteiger partial charge on any atom is 0.321 e. The number of anilines is 2. The first-order valence-corrected chi connectivity index (χ1v) is 10.8. The maximum absolute atomic E-state index is 12.6. The average molecular weight is 466 g/mol. The van der Waals surface area contributed by atoms with Crippen LogP contribution in [-0.2, 0) is 0 Å². The van der Waals surface area contributed by atoms with E-state index in [9.17, 15) is 4.79 Å². The zero-order valence-electron chi connectivity index (χ0n) is 17.1. The lowest BCUT2D eigenvalue weighted by Gasteiger charge is -2.35. The second-order valence-electron chi connectivity index (χ2n) is 7.47. The number of halogens is 1. The Labute approximate surface area is 185 Å². The standard InChI is InChI=1S/C23H24BrN5O/c1-16-3-5-18(6-4-16)22-25-17(2)15-21(27-22)28-11-13-29(14-12-28)23(30)26-20-9-7-19(24)8-10-20/h3-10,15H,11-14H2,1-2H3,(H,26,30). The molecule has 154 valence electrons. The molecule has 1 aliphatic rings. The number of nitrogens with one attached hydrogen (secondary N) is 1. The maximum atomic E-state index is 12.6. The van der Waals surface area contributed by atoms with Crippen LogP contribution in [0.15, 0.2) is 59.1 Å². The molecule has 0 aliphatic carbocycles. The van der Waals surface area contributed by atoms with Crippen LogP contribution in [0.1, 0.15) is 11.3 Å². The smallest absolute Gasteiger partial charge is 0.321 e. The van der Waals surface area contributed by atoms with Gasteiger partial charge in [-0.2, -0.15) is 0 Å². The van der Waals surface area contributed by atoms with Crippen molar-refractivity contribution in [3.63, 3.8) is 0 Å². The minimum atomic E-state index is -0.0730. The lowest BCUT2D eigenvalue weighted by Crippen LogP contribution is -2.50. The van der Waals surface area contributed by atoms with E-state index in [0.717, 1.165) is 46.1 Å². The van der Waals surface area contributed by atoms with Crippen molar-refractivity contribution in [2.75, 3.05) is 36.4 Å². The van der Waals surface area contributed by atoms with Crippen LogP contribution < -0.4 is 10.2 Å². The third-order valence-corrected chi connectivity index (χ3v) is 5.67. The molecule has 0 spiro atoms. The van der Waals surface area contributed by atoms with E-state index in [0.29, 0.717) is 13.1 Å². The summed E-state index contributed by atoms with van der Waals surface area (Å²) in [5.41, 5.74) is 3.95. The summed E-state index contributed by atoms with van der Waals surface area (Å²) in [6.07, 6.45) is 0. The lowest BCUT2D eigenvalue weighted by atomic mass is 10.1. The first kappa shape index (κ1) is 20.3. The summed E-state index contributed by atoms with van der Waals surface area (Å²) in [5.74, 6) is 1.64. The fraction of sp³-hybridized carbons (Fsp3) is 0.261. The van der Waals surface area contributed by atoms with E-state index in [2.05, 4.69) is 62.3 Å². The topological polar surface area (TPSA) is 61.4 Å². The van der Waals surface area contributed by atoms with Crippen LogP contribution in [0.5, 0.6) is 0 Å². The summed E-state index contributed by atoms with van der Waals surface area (Å²) in [4.78, 5) is 26.0. The predicted molar refractivity (Wildman–Crippen MR) is 124 cm³/mol. The zero-order valence-corrected chi connectivity index (χ0v) is 18.7. The van der Waals surface area contributed by atoms with Gasteiger partial charge in [0.1, 0.15) is 5.82 Å². The third kappa shape index (κ3) is 4.79. The van der Waals surface area contributed by atoms with Gasteiger partial charge in [0.05, 0.1) is 0 Å². The van der Waals surface area contributed by atoms with Crippen LogP contribution in [0, 0.1) is 13.8 Å². The van der Waals surface area contributed by atoms with Crippen molar-refractivity contribution in [2.24, 2.45) is 0 Å². The molecule has 2 aromatic carbocycles. The fourth-order valence-electron chi connectivity index (χ4n) is 3.42. The van der Waals surface area contributed by atoms with Crippen molar-refractivity contribution in [1.29, 1.82) is 0 Å². The van der Waals surface area contributed by atoms with Gasteiger partial charge in [-0.1, -0.05) is 45.8 Å². The van der Waals surface area contributed by atoms with E-state index in [1.165, 1.54) is 5.56 Å². The number of aryl methyl sites for hydroxylation is 2. The van der Waals surface area contributed by atoms with Crippen molar-refractivity contribution in [3.8, 4) is 11.4 Å². The van der Waals surface area contributed by atoms with Gasteiger partial charge in [0.2, 0.25) is 0 Å². The van der Waals surface area contributed by atoms with Gasteiger partial charge in [-0.3, -0.25) is 0 Å². The van der Waals surface area contributed by atoms with Gasteiger partial charge in [-0.15, -0.1) is 0 Å². The number of carbonyl (C=O) groups is 1. The van der Waals surface area contributed by atoms with Crippen LogP contribution in [0.2, 0.25) is 0 Å². The van der Waals surface area contributed by atoms with E-state index in [1.54, 1.807) is 0 Å². The summed E-state index contributed by atoms with van der Waals surface area (Å²) < 4.78 is 0.985. The number of urea groups is 1. The summed E-state index contributed by atoms with van der Waals surface area (Å²) in [6.45, 7) is 6.81. The van der Waals surface area contributed by atoms with Crippen molar-refractivity contribution in [3.05, 3.63) is 70.3 Å². The molecular weight excluding hydrogens is 442 g/mol. The molecule has 4 rings (SSSR count). The second-order valence-corrected chi connectivity index (χ2v) is 8.38. The highest BCUT2D eigenvalue weighted by Crippen LogP contribution is 2.22. The Morgan fingerprint density at radius 1 is 0.933 bits per heavy atom. The Hall–Kier alpha value is -2.93. The molecular formula is C23H24BrN5O. The van der Waals surface area contributed by atoms with Crippen molar-refractivity contribution in [2.45, 2.75) is 13.8 Å². The summed E-state index contributed by atoms with van der Waals surface area (Å²) >= 11 is 3.41.